The highest BCUT2D eigenvalue weighted by Gasteiger charge is 2.71. The lowest BCUT2D eigenvalue weighted by atomic mass is 9.46. The van der Waals surface area contributed by atoms with Crippen molar-refractivity contribution in [2.24, 2.45) is 28.6 Å². The van der Waals surface area contributed by atoms with Crippen molar-refractivity contribution < 1.29 is 28.6 Å². The molecule has 0 unspecified atom stereocenters. The van der Waals surface area contributed by atoms with E-state index in [0.29, 0.717) is 19.4 Å². The summed E-state index contributed by atoms with van der Waals surface area (Å²) in [5.74, 6) is -0.949. The van der Waals surface area contributed by atoms with Gasteiger partial charge in [-0.15, -0.1) is 0 Å². The summed E-state index contributed by atoms with van der Waals surface area (Å²) < 4.78 is 17.8. The van der Waals surface area contributed by atoms with Gasteiger partial charge in [-0.2, -0.15) is 0 Å². The molecule has 1 saturated heterocycles. The van der Waals surface area contributed by atoms with E-state index in [2.05, 4.69) is 13.8 Å². The maximum absolute atomic E-state index is 13.8. The molecule has 6 heteroatoms. The molecule has 0 radical (unpaired) electrons. The maximum atomic E-state index is 13.8. The smallest absolute Gasteiger partial charge is 0.281 e. The molecule has 1 heterocycles. The molecular weight excluding hydrogens is 396 g/mol. The van der Waals surface area contributed by atoms with Crippen molar-refractivity contribution in [3.63, 3.8) is 0 Å². The number of Topliss-reactive ketones (excluding diaryl/α,β-unsaturated/α-hetero) is 2. The van der Waals surface area contributed by atoms with Gasteiger partial charge in [-0.05, 0) is 56.6 Å². The van der Waals surface area contributed by atoms with Crippen molar-refractivity contribution in [2.75, 3.05) is 13.2 Å². The second-order valence-corrected chi connectivity index (χ2v) is 10.5. The Balaban J connectivity index is 1.54. The van der Waals surface area contributed by atoms with Crippen LogP contribution >= 0.6 is 0 Å². The van der Waals surface area contributed by atoms with Gasteiger partial charge in [0.15, 0.2) is 11.6 Å². The predicted octanol–water partition coefficient (Wildman–Crippen LogP) is 3.54. The highest BCUT2D eigenvalue weighted by molar-refractivity contribution is 6.02. The zero-order valence-electron chi connectivity index (χ0n) is 18.9. The molecule has 0 N–H and O–H groups in total. The maximum Gasteiger partial charge on any atom is 0.281 e. The van der Waals surface area contributed by atoms with Crippen LogP contribution in [0.4, 0.5) is 0 Å². The molecule has 0 amide bonds. The SMILES string of the molecule is CCO[C@@]1(C)OCC(=O)[C@]2(CC[C@H]3[C@@H]4CCC5=CC(=O)C=C[C@]5(C)[C@H]4C(=O)C[C@@]32C)O1. The van der Waals surface area contributed by atoms with Crippen LogP contribution in [0.1, 0.15) is 59.8 Å². The summed E-state index contributed by atoms with van der Waals surface area (Å²) in [7, 11) is 0. The molecule has 0 aromatic carbocycles. The minimum Gasteiger partial charge on any atom is -0.328 e. The standard InChI is InChI=1S/C25H32O6/c1-5-29-24(4)30-14-20(28)25(31-24)11-9-18-17-7-6-15-12-16(26)8-10-22(15,2)21(17)19(27)13-23(18,25)3/h8,10,12,17-18,21H,5-7,9,11,13-14H2,1-4H3/t17-,18-,21+,22-,23-,24-,25-/m0/s1. The molecule has 5 rings (SSSR count). The summed E-state index contributed by atoms with van der Waals surface area (Å²) in [6.45, 7) is 8.11. The highest BCUT2D eigenvalue weighted by atomic mass is 16.9. The molecule has 0 aromatic heterocycles. The van der Waals surface area contributed by atoms with E-state index in [1.807, 2.05) is 13.0 Å². The zero-order chi connectivity index (χ0) is 22.2. The lowest BCUT2D eigenvalue weighted by Gasteiger charge is -2.58. The second-order valence-electron chi connectivity index (χ2n) is 10.5. The van der Waals surface area contributed by atoms with E-state index in [1.165, 1.54) is 0 Å². The van der Waals surface area contributed by atoms with E-state index in [9.17, 15) is 14.4 Å². The van der Waals surface area contributed by atoms with Gasteiger partial charge in [0.05, 0.1) is 0 Å². The molecular formula is C25H32O6. The lowest BCUT2D eigenvalue weighted by Crippen LogP contribution is -2.66. The fraction of sp³-hybridized carbons (Fsp3) is 0.720. The van der Waals surface area contributed by atoms with Crippen LogP contribution in [0.5, 0.6) is 0 Å². The fourth-order valence-electron chi connectivity index (χ4n) is 7.69. The average molecular weight is 429 g/mol. The van der Waals surface area contributed by atoms with Crippen molar-refractivity contribution >= 4 is 17.3 Å². The molecule has 3 saturated carbocycles. The Bertz CT molecular complexity index is 919. The minimum atomic E-state index is -1.28. The van der Waals surface area contributed by atoms with Crippen LogP contribution in [0.2, 0.25) is 0 Å². The van der Waals surface area contributed by atoms with Crippen LogP contribution in [0.3, 0.4) is 0 Å². The fourth-order valence-corrected chi connectivity index (χ4v) is 7.69. The van der Waals surface area contributed by atoms with Gasteiger partial charge in [0.25, 0.3) is 5.97 Å². The Hall–Kier alpha value is -1.63. The second kappa shape index (κ2) is 6.69. The topological polar surface area (TPSA) is 78.9 Å². The van der Waals surface area contributed by atoms with Gasteiger partial charge in [-0.1, -0.05) is 25.5 Å². The molecule has 4 fully saturated rings. The molecule has 31 heavy (non-hydrogen) atoms. The normalized spacial score (nSPS) is 49.0. The summed E-state index contributed by atoms with van der Waals surface area (Å²) in [5, 5.41) is 0. The van der Waals surface area contributed by atoms with Gasteiger partial charge < -0.3 is 14.2 Å². The first-order valence-electron chi connectivity index (χ1n) is 11.6. The van der Waals surface area contributed by atoms with E-state index >= 15 is 0 Å². The van der Waals surface area contributed by atoms with E-state index < -0.39 is 22.4 Å². The van der Waals surface area contributed by atoms with Crippen molar-refractivity contribution in [3.05, 3.63) is 23.8 Å². The first-order valence-corrected chi connectivity index (χ1v) is 11.6. The first kappa shape index (κ1) is 21.2. The number of fused-ring (bicyclic) bond motifs is 6. The van der Waals surface area contributed by atoms with Gasteiger partial charge in [0.1, 0.15) is 18.0 Å². The Kier molecular flexibility index (Phi) is 4.58. The Morgan fingerprint density at radius 3 is 2.68 bits per heavy atom. The molecule has 0 bridgehead atoms. The molecule has 6 nitrogen and oxygen atoms in total. The number of allylic oxidation sites excluding steroid dienone is 4. The van der Waals surface area contributed by atoms with Crippen molar-refractivity contribution in [1.82, 2.24) is 0 Å². The van der Waals surface area contributed by atoms with Crippen LogP contribution in [0, 0.1) is 28.6 Å². The molecule has 168 valence electrons. The molecule has 1 aliphatic heterocycles. The largest absolute Gasteiger partial charge is 0.328 e. The number of ketones is 3. The molecule has 4 aliphatic carbocycles. The van der Waals surface area contributed by atoms with Gasteiger partial charge in [-0.25, -0.2) is 0 Å². The third kappa shape index (κ3) is 2.71. The summed E-state index contributed by atoms with van der Waals surface area (Å²) in [4.78, 5) is 39.0. The Morgan fingerprint density at radius 1 is 1.16 bits per heavy atom. The number of carbonyl (C=O) groups excluding carboxylic acids is 3. The first-order chi connectivity index (χ1) is 14.6. The third-order valence-electron chi connectivity index (χ3n) is 9.06. The van der Waals surface area contributed by atoms with Crippen molar-refractivity contribution in [3.8, 4) is 0 Å². The van der Waals surface area contributed by atoms with Gasteiger partial charge in [0, 0.05) is 36.7 Å². The highest BCUT2D eigenvalue weighted by Crippen LogP contribution is 2.67. The Morgan fingerprint density at radius 2 is 1.94 bits per heavy atom. The van der Waals surface area contributed by atoms with E-state index in [-0.39, 0.29) is 41.7 Å². The van der Waals surface area contributed by atoms with Crippen molar-refractivity contribution in [2.45, 2.75) is 71.4 Å². The average Bonchev–Trinajstić information content (AvgIpc) is 2.98. The molecule has 0 aromatic rings. The minimum absolute atomic E-state index is 0.00949. The van der Waals surface area contributed by atoms with Crippen LogP contribution in [-0.2, 0) is 28.6 Å². The monoisotopic (exact) mass is 428 g/mol. The summed E-state index contributed by atoms with van der Waals surface area (Å²) in [5.41, 5.74) is -0.981. The lowest BCUT2D eigenvalue weighted by molar-refractivity contribution is -0.419. The zero-order valence-corrected chi connectivity index (χ0v) is 18.9. The van der Waals surface area contributed by atoms with Crippen molar-refractivity contribution in [1.29, 1.82) is 0 Å². The number of carbonyl (C=O) groups is 3. The van der Waals surface area contributed by atoms with Gasteiger partial charge in [-0.3, -0.25) is 14.4 Å². The summed E-state index contributed by atoms with van der Waals surface area (Å²) in [6.07, 6.45) is 8.71. The van der Waals surface area contributed by atoms with Gasteiger partial charge >= 0.3 is 0 Å². The van der Waals surface area contributed by atoms with E-state index in [0.717, 1.165) is 24.8 Å². The van der Waals surface area contributed by atoms with Crippen LogP contribution in [0.15, 0.2) is 23.8 Å². The molecule has 1 spiro atoms. The third-order valence-corrected chi connectivity index (χ3v) is 9.06. The summed E-state index contributed by atoms with van der Waals surface area (Å²) in [6, 6.07) is 0. The van der Waals surface area contributed by atoms with Crippen LogP contribution in [0.25, 0.3) is 0 Å². The number of rotatable bonds is 2. The van der Waals surface area contributed by atoms with E-state index in [1.54, 1.807) is 19.1 Å². The Labute approximate surface area is 183 Å². The van der Waals surface area contributed by atoms with Crippen LogP contribution < -0.4 is 0 Å². The number of ether oxygens (including phenoxy) is 3. The predicted molar refractivity (Wildman–Crippen MR) is 112 cm³/mol. The molecule has 7 atom stereocenters. The molecule has 5 aliphatic rings. The van der Waals surface area contributed by atoms with E-state index in [4.69, 9.17) is 14.2 Å². The number of hydrogen-bond donors (Lipinski definition) is 0. The summed E-state index contributed by atoms with van der Waals surface area (Å²) >= 11 is 0. The quantitative estimate of drug-likeness (QED) is 0.669. The number of hydrogen-bond acceptors (Lipinski definition) is 6. The van der Waals surface area contributed by atoms with Crippen LogP contribution in [-0.4, -0.2) is 42.1 Å². The van der Waals surface area contributed by atoms with Gasteiger partial charge in [0.2, 0.25) is 0 Å².